The molecule has 0 radical (unpaired) electrons. The topological polar surface area (TPSA) is 76.3 Å². The highest BCUT2D eigenvalue weighted by Crippen LogP contribution is 2.12. The molecule has 6 heteroatoms. The molecule has 0 unspecified atom stereocenters. The van der Waals surface area contributed by atoms with E-state index in [1.165, 1.54) is 0 Å². The van der Waals surface area contributed by atoms with Gasteiger partial charge in [-0.15, -0.1) is 10.2 Å². The maximum Gasteiger partial charge on any atom is 0.162 e. The average molecular weight is 195 g/mol. The Bertz CT molecular complexity index is 282. The van der Waals surface area contributed by atoms with Crippen LogP contribution >= 0.6 is 0 Å². The summed E-state index contributed by atoms with van der Waals surface area (Å²) in [6, 6.07) is 3.70. The maximum atomic E-state index is 5.24. The first kappa shape index (κ1) is 9.17. The van der Waals surface area contributed by atoms with Gasteiger partial charge in [0.1, 0.15) is 0 Å². The molecule has 1 saturated heterocycles. The van der Waals surface area contributed by atoms with Crippen molar-refractivity contribution in [3.8, 4) is 0 Å². The van der Waals surface area contributed by atoms with E-state index >= 15 is 0 Å². The maximum absolute atomic E-state index is 5.24. The molecule has 0 amide bonds. The molecule has 0 atom stereocenters. The Kier molecular flexibility index (Phi) is 2.76. The second-order valence-electron chi connectivity index (χ2n) is 3.02. The molecule has 1 fully saturated rings. The van der Waals surface area contributed by atoms with Gasteiger partial charge in [0.25, 0.3) is 0 Å². The Morgan fingerprint density at radius 1 is 1.29 bits per heavy atom. The van der Waals surface area contributed by atoms with Crippen molar-refractivity contribution in [1.82, 2.24) is 10.2 Å². The summed E-state index contributed by atoms with van der Waals surface area (Å²) >= 11 is 0. The van der Waals surface area contributed by atoms with Crippen LogP contribution < -0.4 is 16.2 Å². The lowest BCUT2D eigenvalue weighted by molar-refractivity contribution is 0.122. The number of hydrogen-bond acceptors (Lipinski definition) is 6. The lowest BCUT2D eigenvalue weighted by Gasteiger charge is -2.27. The van der Waals surface area contributed by atoms with Crippen LogP contribution in [0.5, 0.6) is 0 Å². The summed E-state index contributed by atoms with van der Waals surface area (Å²) in [5, 5.41) is 7.95. The van der Waals surface area contributed by atoms with Crippen LogP contribution in [0.25, 0.3) is 0 Å². The highest BCUT2D eigenvalue weighted by molar-refractivity contribution is 5.42. The zero-order chi connectivity index (χ0) is 9.80. The molecular formula is C8H13N5O. The predicted molar refractivity (Wildman–Crippen MR) is 52.9 cm³/mol. The number of ether oxygens (including phenoxy) is 1. The van der Waals surface area contributed by atoms with Crippen molar-refractivity contribution < 1.29 is 4.74 Å². The first-order chi connectivity index (χ1) is 6.90. The highest BCUT2D eigenvalue weighted by atomic mass is 16.5. The smallest absolute Gasteiger partial charge is 0.162 e. The summed E-state index contributed by atoms with van der Waals surface area (Å²) in [7, 11) is 0. The number of nitrogens with two attached hydrogens (primary N) is 1. The minimum Gasteiger partial charge on any atom is -0.378 e. The SMILES string of the molecule is NNc1ccc(N2CCOCC2)nn1. The Hall–Kier alpha value is -1.40. The van der Waals surface area contributed by atoms with E-state index < -0.39 is 0 Å². The highest BCUT2D eigenvalue weighted by Gasteiger charge is 2.12. The standard InChI is InChI=1S/C8H13N5O/c9-10-7-1-2-8(12-11-7)13-3-5-14-6-4-13/h1-2H,3-6,9H2,(H,10,11). The molecule has 76 valence electrons. The third-order valence-corrected chi connectivity index (χ3v) is 2.13. The normalized spacial score (nSPS) is 16.8. The Labute approximate surface area is 82.0 Å². The summed E-state index contributed by atoms with van der Waals surface area (Å²) in [5.41, 5.74) is 2.44. The Morgan fingerprint density at radius 3 is 2.64 bits per heavy atom. The van der Waals surface area contributed by atoms with Crippen molar-refractivity contribution in [2.45, 2.75) is 0 Å². The molecule has 2 heterocycles. The number of aromatic nitrogens is 2. The summed E-state index contributed by atoms with van der Waals surface area (Å²) in [6.45, 7) is 3.23. The van der Waals surface area contributed by atoms with Crippen molar-refractivity contribution in [1.29, 1.82) is 0 Å². The second kappa shape index (κ2) is 4.21. The van der Waals surface area contributed by atoms with E-state index in [-0.39, 0.29) is 0 Å². The van der Waals surface area contributed by atoms with Gasteiger partial charge in [0.15, 0.2) is 11.6 Å². The van der Waals surface area contributed by atoms with Crippen LogP contribution in [0, 0.1) is 0 Å². The summed E-state index contributed by atoms with van der Waals surface area (Å²) < 4.78 is 5.24. The molecule has 0 saturated carbocycles. The van der Waals surface area contributed by atoms with E-state index in [9.17, 15) is 0 Å². The second-order valence-corrected chi connectivity index (χ2v) is 3.02. The van der Waals surface area contributed by atoms with Crippen LogP contribution in [0.4, 0.5) is 11.6 Å². The van der Waals surface area contributed by atoms with Crippen molar-refractivity contribution in [3.63, 3.8) is 0 Å². The van der Waals surface area contributed by atoms with Gasteiger partial charge < -0.3 is 15.1 Å². The molecule has 14 heavy (non-hydrogen) atoms. The lowest BCUT2D eigenvalue weighted by atomic mass is 10.4. The van der Waals surface area contributed by atoms with Crippen LogP contribution in [0.2, 0.25) is 0 Å². The van der Waals surface area contributed by atoms with Crippen LogP contribution in [-0.4, -0.2) is 36.5 Å². The van der Waals surface area contributed by atoms with Crippen molar-refractivity contribution in [2.75, 3.05) is 36.6 Å². The van der Waals surface area contributed by atoms with Gasteiger partial charge >= 0.3 is 0 Å². The Morgan fingerprint density at radius 2 is 2.07 bits per heavy atom. The zero-order valence-electron chi connectivity index (χ0n) is 7.81. The number of hydrogen-bond donors (Lipinski definition) is 2. The molecule has 1 aliphatic rings. The van der Waals surface area contributed by atoms with Gasteiger partial charge in [-0.3, -0.25) is 0 Å². The van der Waals surface area contributed by atoms with Gasteiger partial charge in [0.2, 0.25) is 0 Å². The molecule has 3 N–H and O–H groups in total. The van der Waals surface area contributed by atoms with E-state index in [0.29, 0.717) is 5.82 Å². The molecule has 0 aliphatic carbocycles. The number of nitrogens with zero attached hydrogens (tertiary/aromatic N) is 3. The van der Waals surface area contributed by atoms with Gasteiger partial charge in [-0.1, -0.05) is 0 Å². The van der Waals surface area contributed by atoms with Crippen molar-refractivity contribution in [3.05, 3.63) is 12.1 Å². The Balaban J connectivity index is 2.07. The molecule has 1 aromatic rings. The number of nitrogens with one attached hydrogen (secondary N) is 1. The largest absolute Gasteiger partial charge is 0.378 e. The van der Waals surface area contributed by atoms with Gasteiger partial charge in [-0.05, 0) is 12.1 Å². The minimum absolute atomic E-state index is 0.571. The van der Waals surface area contributed by atoms with Gasteiger partial charge in [0, 0.05) is 13.1 Å². The van der Waals surface area contributed by atoms with E-state index in [1.807, 2.05) is 6.07 Å². The fraction of sp³-hybridized carbons (Fsp3) is 0.500. The number of rotatable bonds is 2. The number of anilines is 2. The third kappa shape index (κ3) is 1.91. The quantitative estimate of drug-likeness (QED) is 0.494. The number of nitrogen functional groups attached to an aromatic ring is 1. The minimum atomic E-state index is 0.571. The van der Waals surface area contributed by atoms with Crippen molar-refractivity contribution in [2.24, 2.45) is 5.84 Å². The summed E-state index contributed by atoms with van der Waals surface area (Å²) in [6.07, 6.45) is 0. The van der Waals surface area contributed by atoms with Crippen LogP contribution in [-0.2, 0) is 4.74 Å². The molecule has 0 aromatic carbocycles. The summed E-state index contributed by atoms with van der Waals surface area (Å²) in [5.74, 6) is 6.63. The van der Waals surface area contributed by atoms with Crippen molar-refractivity contribution >= 4 is 11.6 Å². The number of morpholine rings is 1. The average Bonchev–Trinajstić information content (AvgIpc) is 2.30. The van der Waals surface area contributed by atoms with E-state index in [0.717, 1.165) is 32.1 Å². The van der Waals surface area contributed by atoms with Crippen LogP contribution in [0.3, 0.4) is 0 Å². The van der Waals surface area contributed by atoms with E-state index in [1.54, 1.807) is 6.07 Å². The molecule has 1 aromatic heterocycles. The molecule has 6 nitrogen and oxygen atoms in total. The molecular weight excluding hydrogens is 182 g/mol. The zero-order valence-corrected chi connectivity index (χ0v) is 7.81. The van der Waals surface area contributed by atoms with Crippen LogP contribution in [0.1, 0.15) is 0 Å². The first-order valence-corrected chi connectivity index (χ1v) is 4.53. The summed E-state index contributed by atoms with van der Waals surface area (Å²) in [4.78, 5) is 2.14. The van der Waals surface area contributed by atoms with E-state index in [4.69, 9.17) is 10.6 Å². The predicted octanol–water partition coefficient (Wildman–Crippen LogP) is -0.401. The van der Waals surface area contributed by atoms with Crippen LogP contribution in [0.15, 0.2) is 12.1 Å². The molecule has 0 bridgehead atoms. The molecule has 2 rings (SSSR count). The molecule has 0 spiro atoms. The lowest BCUT2D eigenvalue weighted by Crippen LogP contribution is -2.36. The fourth-order valence-corrected chi connectivity index (χ4v) is 1.36. The van der Waals surface area contributed by atoms with Gasteiger partial charge in [-0.25, -0.2) is 5.84 Å². The fourth-order valence-electron chi connectivity index (χ4n) is 1.36. The first-order valence-electron chi connectivity index (χ1n) is 4.53. The van der Waals surface area contributed by atoms with Gasteiger partial charge in [-0.2, -0.15) is 0 Å². The monoisotopic (exact) mass is 195 g/mol. The van der Waals surface area contributed by atoms with E-state index in [2.05, 4.69) is 20.5 Å². The number of hydrazine groups is 1. The van der Waals surface area contributed by atoms with Gasteiger partial charge in [0.05, 0.1) is 13.2 Å². The third-order valence-electron chi connectivity index (χ3n) is 2.13. The molecule has 1 aliphatic heterocycles.